The van der Waals surface area contributed by atoms with Crippen LogP contribution in [-0.4, -0.2) is 53.3 Å². The lowest BCUT2D eigenvalue weighted by Crippen LogP contribution is -2.35. The van der Waals surface area contributed by atoms with Gasteiger partial charge in [0.25, 0.3) is 0 Å². The Balaban J connectivity index is 1.76. The van der Waals surface area contributed by atoms with E-state index in [1.165, 1.54) is 0 Å². The summed E-state index contributed by atoms with van der Waals surface area (Å²) in [5, 5.41) is 9.06. The van der Waals surface area contributed by atoms with Gasteiger partial charge < -0.3 is 19.5 Å². The van der Waals surface area contributed by atoms with Gasteiger partial charge in [-0.3, -0.25) is 4.98 Å². The van der Waals surface area contributed by atoms with E-state index in [9.17, 15) is 0 Å². The van der Waals surface area contributed by atoms with Gasteiger partial charge in [-0.15, -0.1) is 0 Å². The fourth-order valence-corrected chi connectivity index (χ4v) is 3.07. The van der Waals surface area contributed by atoms with E-state index in [4.69, 9.17) is 14.6 Å². The number of β-amino-alcohol motifs (C(OH)–C–C–N with tert-alkyl or cyclic N) is 1. The summed E-state index contributed by atoms with van der Waals surface area (Å²) in [5.74, 6) is 2.17. The van der Waals surface area contributed by atoms with E-state index in [-0.39, 0.29) is 6.61 Å². The largest absolute Gasteiger partial charge is 0.493 e. The summed E-state index contributed by atoms with van der Waals surface area (Å²) in [6.45, 7) is 2.85. The molecule has 3 rings (SSSR count). The number of nitrogens with zero attached hydrogens (tertiary/aromatic N) is 3. The molecule has 1 aliphatic rings. The maximum absolute atomic E-state index is 9.06. The number of methoxy groups -OCH3 is 1. The third kappa shape index (κ3) is 3.83. The van der Waals surface area contributed by atoms with Crippen molar-refractivity contribution >= 4 is 0 Å². The Morgan fingerprint density at radius 2 is 1.83 bits per heavy atom. The number of likely N-dealkylation sites (tertiary alicyclic amines) is 1. The quantitative estimate of drug-likeness (QED) is 0.878. The summed E-state index contributed by atoms with van der Waals surface area (Å²) >= 11 is 0. The maximum atomic E-state index is 9.06. The van der Waals surface area contributed by atoms with E-state index < -0.39 is 0 Å². The number of ether oxygens (including phenoxy) is 2. The van der Waals surface area contributed by atoms with Crippen molar-refractivity contribution in [3.05, 3.63) is 42.4 Å². The molecule has 6 nitrogen and oxygen atoms in total. The van der Waals surface area contributed by atoms with Gasteiger partial charge in [-0.1, -0.05) is 12.1 Å². The molecule has 0 saturated carbocycles. The smallest absolute Gasteiger partial charge is 0.241 e. The van der Waals surface area contributed by atoms with Crippen molar-refractivity contribution < 1.29 is 14.6 Å². The lowest BCUT2D eigenvalue weighted by atomic mass is 9.93. The second kappa shape index (κ2) is 8.08. The van der Waals surface area contributed by atoms with E-state index in [1.807, 2.05) is 24.3 Å². The number of aliphatic hydroxyl groups is 1. The molecular formula is C18H23N3O3. The molecule has 0 spiro atoms. The predicted octanol–water partition coefficient (Wildman–Crippen LogP) is 2.45. The lowest BCUT2D eigenvalue weighted by Gasteiger charge is -2.31. The molecule has 1 aliphatic heterocycles. The summed E-state index contributed by atoms with van der Waals surface area (Å²) < 4.78 is 11.3. The van der Waals surface area contributed by atoms with Gasteiger partial charge in [-0.05, 0) is 38.1 Å². The first-order chi connectivity index (χ1) is 11.8. The molecule has 1 aromatic heterocycles. The highest BCUT2D eigenvalue weighted by Crippen LogP contribution is 2.36. The first-order valence-electron chi connectivity index (χ1n) is 8.26. The van der Waals surface area contributed by atoms with E-state index in [1.54, 1.807) is 19.5 Å². The van der Waals surface area contributed by atoms with E-state index >= 15 is 0 Å². The highest BCUT2D eigenvalue weighted by Gasteiger charge is 2.25. The van der Waals surface area contributed by atoms with Crippen LogP contribution in [0.25, 0.3) is 0 Å². The Morgan fingerprint density at radius 3 is 2.54 bits per heavy atom. The average molecular weight is 329 g/mol. The Bertz CT molecular complexity index is 657. The predicted molar refractivity (Wildman–Crippen MR) is 90.6 cm³/mol. The second-order valence-corrected chi connectivity index (χ2v) is 5.84. The molecule has 24 heavy (non-hydrogen) atoms. The number of para-hydroxylation sites is 2. The van der Waals surface area contributed by atoms with E-state index in [0.717, 1.165) is 38.2 Å². The number of hydrogen-bond acceptors (Lipinski definition) is 6. The molecule has 0 amide bonds. The van der Waals surface area contributed by atoms with Gasteiger partial charge in [0.05, 0.1) is 13.7 Å². The number of aromatic nitrogens is 2. The maximum Gasteiger partial charge on any atom is 0.241 e. The van der Waals surface area contributed by atoms with Crippen LogP contribution in [-0.2, 0) is 0 Å². The van der Waals surface area contributed by atoms with Crippen molar-refractivity contribution in [3.8, 4) is 17.4 Å². The van der Waals surface area contributed by atoms with Gasteiger partial charge >= 0.3 is 0 Å². The number of rotatable bonds is 6. The Labute approximate surface area is 142 Å². The Kier molecular flexibility index (Phi) is 5.61. The molecular weight excluding hydrogens is 306 g/mol. The third-order valence-corrected chi connectivity index (χ3v) is 4.36. The van der Waals surface area contributed by atoms with Crippen LogP contribution in [0.15, 0.2) is 36.7 Å². The zero-order valence-electron chi connectivity index (χ0n) is 13.9. The van der Waals surface area contributed by atoms with Crippen LogP contribution >= 0.6 is 0 Å². The lowest BCUT2D eigenvalue weighted by molar-refractivity contribution is 0.163. The molecule has 6 heteroatoms. The molecule has 0 radical (unpaired) electrons. The molecule has 0 aliphatic carbocycles. The molecule has 0 bridgehead atoms. The van der Waals surface area contributed by atoms with Crippen molar-refractivity contribution in [1.29, 1.82) is 0 Å². The summed E-state index contributed by atoms with van der Waals surface area (Å²) in [7, 11) is 1.62. The molecule has 2 aromatic rings. The molecule has 1 aromatic carbocycles. The Hall–Kier alpha value is -2.18. The molecule has 0 atom stereocenters. The van der Waals surface area contributed by atoms with Crippen LogP contribution in [0.3, 0.4) is 0 Å². The van der Waals surface area contributed by atoms with E-state index in [0.29, 0.717) is 23.3 Å². The monoisotopic (exact) mass is 329 g/mol. The molecule has 128 valence electrons. The van der Waals surface area contributed by atoms with Crippen molar-refractivity contribution in [1.82, 2.24) is 14.9 Å². The van der Waals surface area contributed by atoms with Crippen LogP contribution < -0.4 is 9.47 Å². The molecule has 1 saturated heterocycles. The first-order valence-corrected chi connectivity index (χ1v) is 8.26. The molecule has 2 heterocycles. The van der Waals surface area contributed by atoms with Crippen LogP contribution in [0.2, 0.25) is 0 Å². The number of benzene rings is 1. The van der Waals surface area contributed by atoms with Crippen LogP contribution in [0.1, 0.15) is 24.5 Å². The van der Waals surface area contributed by atoms with Crippen molar-refractivity contribution in [2.75, 3.05) is 33.4 Å². The highest BCUT2D eigenvalue weighted by molar-refractivity contribution is 5.42. The topological polar surface area (TPSA) is 67.7 Å². The van der Waals surface area contributed by atoms with Crippen molar-refractivity contribution in [3.63, 3.8) is 0 Å². The fourth-order valence-electron chi connectivity index (χ4n) is 3.07. The van der Waals surface area contributed by atoms with Crippen LogP contribution in [0.5, 0.6) is 17.4 Å². The number of aliphatic hydroxyl groups excluding tert-OH is 1. The SMILES string of the molecule is COc1ccccc1Oc1nccnc1C1CCN(CCO)CC1. The molecule has 1 N–H and O–H groups in total. The Morgan fingerprint density at radius 1 is 1.12 bits per heavy atom. The number of hydrogen-bond donors (Lipinski definition) is 1. The van der Waals surface area contributed by atoms with Crippen LogP contribution in [0.4, 0.5) is 0 Å². The minimum Gasteiger partial charge on any atom is -0.493 e. The average Bonchev–Trinajstić information content (AvgIpc) is 2.64. The van der Waals surface area contributed by atoms with Gasteiger partial charge in [-0.25, -0.2) is 4.98 Å². The zero-order valence-corrected chi connectivity index (χ0v) is 13.9. The van der Waals surface area contributed by atoms with Gasteiger partial charge in [0, 0.05) is 24.9 Å². The van der Waals surface area contributed by atoms with E-state index in [2.05, 4.69) is 14.9 Å². The third-order valence-electron chi connectivity index (χ3n) is 4.36. The van der Waals surface area contributed by atoms with Crippen molar-refractivity contribution in [2.24, 2.45) is 0 Å². The van der Waals surface area contributed by atoms with Gasteiger partial charge in [0.2, 0.25) is 5.88 Å². The van der Waals surface area contributed by atoms with Gasteiger partial charge in [0.15, 0.2) is 11.5 Å². The highest BCUT2D eigenvalue weighted by atomic mass is 16.5. The zero-order chi connectivity index (χ0) is 16.8. The van der Waals surface area contributed by atoms with Gasteiger partial charge in [0.1, 0.15) is 5.69 Å². The van der Waals surface area contributed by atoms with Crippen molar-refractivity contribution in [2.45, 2.75) is 18.8 Å². The van der Waals surface area contributed by atoms with Gasteiger partial charge in [-0.2, -0.15) is 0 Å². The summed E-state index contributed by atoms with van der Waals surface area (Å²) in [6, 6.07) is 7.53. The summed E-state index contributed by atoms with van der Waals surface area (Å²) in [5.41, 5.74) is 0.895. The summed E-state index contributed by atoms with van der Waals surface area (Å²) in [6.07, 6.45) is 5.33. The normalized spacial score (nSPS) is 16.1. The molecule has 1 fully saturated rings. The van der Waals surface area contributed by atoms with Crippen LogP contribution in [0, 0.1) is 0 Å². The second-order valence-electron chi connectivity index (χ2n) is 5.84. The molecule has 0 unspecified atom stereocenters. The first kappa shape index (κ1) is 16.7. The number of piperidine rings is 1. The minimum absolute atomic E-state index is 0.206. The standard InChI is InChI=1S/C18H23N3O3/c1-23-15-4-2-3-5-16(15)24-18-17(19-8-9-20-18)14-6-10-21(11-7-14)12-13-22/h2-5,8-9,14,22H,6-7,10-13H2,1H3. The minimum atomic E-state index is 0.206. The fraction of sp³-hybridized carbons (Fsp3) is 0.444. The summed E-state index contributed by atoms with van der Waals surface area (Å²) in [4.78, 5) is 11.2.